The molecule has 0 aliphatic heterocycles. The summed E-state index contributed by atoms with van der Waals surface area (Å²) in [7, 11) is 0. The summed E-state index contributed by atoms with van der Waals surface area (Å²) in [6.45, 7) is 54.5. The van der Waals surface area contributed by atoms with Crippen molar-refractivity contribution in [2.45, 2.75) is 538 Å². The van der Waals surface area contributed by atoms with Gasteiger partial charge in [0, 0.05) is 0 Å². The topological polar surface area (TPSA) is 0 Å². The molecule has 36 atom stereocenters. The van der Waals surface area contributed by atoms with E-state index in [-0.39, 0.29) is 0 Å². The van der Waals surface area contributed by atoms with Crippen molar-refractivity contribution in [1.82, 2.24) is 0 Å². The second kappa shape index (κ2) is 37.4. The van der Waals surface area contributed by atoms with Gasteiger partial charge in [0.15, 0.2) is 0 Å². The van der Waals surface area contributed by atoms with Crippen LogP contribution in [0.25, 0.3) is 0 Å². The molecule has 32 aliphatic carbocycles. The Hall–Kier alpha value is 0. The molecule has 24 bridgehead atoms. The van der Waals surface area contributed by atoms with E-state index in [4.69, 9.17) is 0 Å². The quantitative estimate of drug-likeness (QED) is 0.168. The van der Waals surface area contributed by atoms with Gasteiger partial charge in [0.2, 0.25) is 0 Å². The molecule has 133 heavy (non-hydrogen) atoms. The van der Waals surface area contributed by atoms with Crippen LogP contribution in [0.4, 0.5) is 0 Å². The monoisotopic (exact) mass is 1820 g/mol. The summed E-state index contributed by atoms with van der Waals surface area (Å²) in [4.78, 5) is 0. The number of hydrogen-bond acceptors (Lipinski definition) is 0. The summed E-state index contributed by atoms with van der Waals surface area (Å²) < 4.78 is 0. The van der Waals surface area contributed by atoms with E-state index in [9.17, 15) is 0 Å². The van der Waals surface area contributed by atoms with Crippen molar-refractivity contribution in [2.24, 2.45) is 296 Å². The molecule has 0 N–H and O–H groups in total. The Bertz CT molecular complexity index is 3800. The normalized spacial score (nSPS) is 51.7. The molecule has 32 rings (SSSR count). The first-order valence-corrected chi connectivity index (χ1v) is 63.0. The van der Waals surface area contributed by atoms with Gasteiger partial charge in [-0.3, -0.25) is 0 Å². The van der Waals surface area contributed by atoms with E-state index in [0.717, 1.165) is 94.7 Å². The molecule has 36 unspecified atom stereocenters. The van der Waals surface area contributed by atoms with Gasteiger partial charge in [-0.25, -0.2) is 0 Å². The van der Waals surface area contributed by atoms with E-state index in [1.807, 2.05) is 0 Å². The number of fused-ring (bicyclic) bond motifs is 52. The molecule has 32 saturated carbocycles. The third-order valence-electron chi connectivity index (χ3n) is 53.8. The van der Waals surface area contributed by atoms with E-state index in [1.165, 1.54) is 341 Å². The molecule has 0 amide bonds. The maximum atomic E-state index is 2.60. The smallest absolute Gasteiger partial charge is 0.0297 e. The lowest BCUT2D eigenvalue weighted by atomic mass is 9.46. The fourth-order valence-electron chi connectivity index (χ4n) is 48.1. The summed E-state index contributed by atoms with van der Waals surface area (Å²) in [5.41, 5.74) is 7.57. The van der Waals surface area contributed by atoms with Crippen molar-refractivity contribution in [3.63, 3.8) is 0 Å². The second-order valence-corrected chi connectivity index (χ2v) is 66.5. The average molecular weight is 1830 g/mol. The standard InChI is InChI=1S/C19H28.C17H26.C16H24.C14H22.C12H20.C12H22.C10H20.C9H16.C9H18.C8H16.C7H14/c1-19(2)8-11-6-14(19)18-13-7-12(17(11)18)15-9-3-4-10(5-9)16(13)15;1-17(2)8-9-6-14(17)16-13-7-12(15(9)16)10-4-3-5-11(10)13;1-16(2)7-8-5-13(16)15-12-6-11(14(8)15)9-3-4-10(9)12;1-14(2)7-10-6-11(14)13-9-4-3-8(5-9)12(10)13;1-12(2)10-4-8-3-9(6-10)7-11(12)5-8;1-12(2)8-7-10-5-3-4-6-11(10)9-12;1-10(2)8-6-4-3-5-7-9-10;1-9(2)6-7-3-4-8(9)5-7;1-9(2)7-5-3-4-6-8-9;1-8(2)6-4-3-5-7-8;1-7(2)5-3-4-6-7/h9-18H,3-8H2,1-2H3;9-16H,3-8H2,1-2H3;8-15H,3-7H2,1-2H3;8-13H,3-7H2,1-2H3;8-11H,3-7H2,1-2H3;10-11H,3-9H2,1-2H3;3-9H2,1-2H3;7-8H,3-6H2,1-2H3;3-8H2,1-2H3;3-7H2,1-2H3;3-6H2,1-2H3. The van der Waals surface area contributed by atoms with Crippen molar-refractivity contribution in [2.75, 3.05) is 0 Å². The lowest BCUT2D eigenvalue weighted by Gasteiger charge is -2.59. The Morgan fingerprint density at radius 3 is 0.842 bits per heavy atom. The highest BCUT2D eigenvalue weighted by Crippen LogP contribution is 2.82. The highest BCUT2D eigenvalue weighted by atomic mass is 14.8. The Labute approximate surface area is 828 Å². The molecule has 758 valence electrons. The van der Waals surface area contributed by atoms with Crippen molar-refractivity contribution in [3.05, 3.63) is 0 Å². The minimum atomic E-state index is 0.653. The van der Waals surface area contributed by atoms with Crippen LogP contribution in [-0.2, 0) is 0 Å². The van der Waals surface area contributed by atoms with Crippen LogP contribution in [0.3, 0.4) is 0 Å². The summed E-state index contributed by atoms with van der Waals surface area (Å²) in [6, 6.07) is 0. The third-order valence-corrected chi connectivity index (χ3v) is 53.8. The van der Waals surface area contributed by atoms with Gasteiger partial charge >= 0.3 is 0 Å². The molecule has 0 aromatic heterocycles. The molecule has 0 aromatic carbocycles. The highest BCUT2D eigenvalue weighted by molar-refractivity contribution is 5.23. The predicted octanol–water partition coefficient (Wildman–Crippen LogP) is 39.6. The molecule has 0 aromatic rings. The number of hydrogen-bond donors (Lipinski definition) is 0. The molecule has 0 nitrogen and oxygen atoms in total. The molecule has 0 heteroatoms. The predicted molar refractivity (Wildman–Crippen MR) is 568 cm³/mol. The first-order valence-electron chi connectivity index (χ1n) is 63.0. The van der Waals surface area contributed by atoms with Crippen molar-refractivity contribution < 1.29 is 0 Å². The van der Waals surface area contributed by atoms with Crippen LogP contribution in [0.5, 0.6) is 0 Å². The average Bonchev–Trinajstić information content (AvgIpc) is 1.50. The molecule has 0 spiro atoms. The van der Waals surface area contributed by atoms with Gasteiger partial charge in [-0.1, -0.05) is 281 Å². The summed E-state index contributed by atoms with van der Waals surface area (Å²) in [5.74, 6) is 46.7. The van der Waals surface area contributed by atoms with Gasteiger partial charge in [-0.05, 0) is 553 Å². The molecule has 32 fully saturated rings. The first kappa shape index (κ1) is 99.0. The lowest BCUT2D eigenvalue weighted by Crippen LogP contribution is -2.49. The van der Waals surface area contributed by atoms with Gasteiger partial charge in [0.25, 0.3) is 0 Å². The molecular weight excluding hydrogens is 1600 g/mol. The van der Waals surface area contributed by atoms with Crippen LogP contribution in [0.15, 0.2) is 0 Å². The molecule has 32 aliphatic rings. The maximum absolute atomic E-state index is 2.60. The third kappa shape index (κ3) is 19.2. The van der Waals surface area contributed by atoms with E-state index >= 15 is 0 Å². The van der Waals surface area contributed by atoms with Gasteiger partial charge < -0.3 is 0 Å². The fraction of sp³-hybridized carbons (Fsp3) is 1.00. The van der Waals surface area contributed by atoms with Crippen molar-refractivity contribution in [3.8, 4) is 0 Å². The van der Waals surface area contributed by atoms with E-state index in [0.29, 0.717) is 59.6 Å². The zero-order chi connectivity index (χ0) is 93.0. The first-order chi connectivity index (χ1) is 63.0. The molecule has 0 heterocycles. The Morgan fingerprint density at radius 2 is 0.459 bits per heavy atom. The summed E-state index contributed by atoms with van der Waals surface area (Å²) in [6.07, 6.45) is 92.2. The van der Waals surface area contributed by atoms with Gasteiger partial charge in [-0.15, -0.1) is 0 Å². The zero-order valence-corrected chi connectivity index (χ0v) is 93.0. The Balaban J connectivity index is 0.0000000892. The second-order valence-electron chi connectivity index (χ2n) is 66.5. The van der Waals surface area contributed by atoms with Gasteiger partial charge in [-0.2, -0.15) is 0 Å². The number of rotatable bonds is 0. The summed E-state index contributed by atoms with van der Waals surface area (Å²) >= 11 is 0. The van der Waals surface area contributed by atoms with Crippen molar-refractivity contribution >= 4 is 0 Å². The highest BCUT2D eigenvalue weighted by Gasteiger charge is 2.75. The lowest BCUT2D eigenvalue weighted by molar-refractivity contribution is -0.0876. The fourth-order valence-corrected chi connectivity index (χ4v) is 48.1. The van der Waals surface area contributed by atoms with Crippen LogP contribution in [0.2, 0.25) is 0 Å². The molecule has 0 saturated heterocycles. The van der Waals surface area contributed by atoms with Gasteiger partial charge in [0.1, 0.15) is 0 Å². The van der Waals surface area contributed by atoms with Crippen LogP contribution in [0.1, 0.15) is 538 Å². The molecule has 0 radical (unpaired) electrons. The SMILES string of the molecule is CC1(C)C2CC3CC(C2)CC1C3.CC1(C)CC2CC1C1C3CC(C4C5CCC(C5)C34)C21.CC1(C)CC2CC1C1C3CC(C4CCC43)C21.CC1(C)CC2CC1C1C3CC(C4CCCC43)C21.CC1(C)CC2CC1C1C3CCC(C3)C21.CC1(C)CC2CCC1C2.CC1(C)CCC2CCCCC2C1.CC1(C)CCCC1.CC1(C)CCCCC1.CC1(C)CCCCCC1.CC1(C)CCCCCCC1. The van der Waals surface area contributed by atoms with Crippen LogP contribution in [-0.4, -0.2) is 0 Å². The van der Waals surface area contributed by atoms with Crippen molar-refractivity contribution in [1.29, 1.82) is 0 Å². The van der Waals surface area contributed by atoms with Crippen LogP contribution < -0.4 is 0 Å². The largest absolute Gasteiger partial charge is 0.0599 e. The van der Waals surface area contributed by atoms with Crippen LogP contribution in [0, 0.1) is 296 Å². The summed E-state index contributed by atoms with van der Waals surface area (Å²) in [5, 5.41) is 0. The Kier molecular flexibility index (Phi) is 27.9. The van der Waals surface area contributed by atoms with E-state index in [1.54, 1.807) is 186 Å². The van der Waals surface area contributed by atoms with E-state index < -0.39 is 0 Å². The molecular formula is C133H226. The minimum absolute atomic E-state index is 0.653. The van der Waals surface area contributed by atoms with Gasteiger partial charge in [0.05, 0.1) is 0 Å². The maximum Gasteiger partial charge on any atom is -0.0297 e. The zero-order valence-electron chi connectivity index (χ0n) is 93.0. The van der Waals surface area contributed by atoms with E-state index in [2.05, 4.69) is 152 Å². The Morgan fingerprint density at radius 1 is 0.143 bits per heavy atom. The van der Waals surface area contributed by atoms with Crippen LogP contribution >= 0.6 is 0 Å². The minimum Gasteiger partial charge on any atom is -0.0599 e.